The molecule has 2 aromatic carbocycles. The first-order chi connectivity index (χ1) is 9.65. The Balaban J connectivity index is 1.89. The average molecular weight is 265 g/mol. The van der Waals surface area contributed by atoms with Gasteiger partial charge >= 0.3 is 0 Å². The fourth-order valence-electron chi connectivity index (χ4n) is 2.25. The van der Waals surface area contributed by atoms with Crippen LogP contribution in [-0.2, 0) is 4.79 Å². The highest BCUT2D eigenvalue weighted by atomic mass is 16.2. The minimum absolute atomic E-state index is 0.0463. The number of aryl methyl sites for hydroxylation is 1. The number of nitrogens with zero attached hydrogens (tertiary/aromatic N) is 1. The highest BCUT2D eigenvalue weighted by molar-refractivity contribution is 6.12. The van der Waals surface area contributed by atoms with Gasteiger partial charge in [-0.1, -0.05) is 24.3 Å². The Labute approximate surface area is 117 Å². The molecule has 3 rings (SSSR count). The predicted molar refractivity (Wildman–Crippen MR) is 81.6 cm³/mol. The van der Waals surface area contributed by atoms with Gasteiger partial charge in [0.25, 0.3) is 0 Å². The molecule has 100 valence electrons. The molecule has 1 atom stereocenters. The third kappa shape index (κ3) is 2.16. The van der Waals surface area contributed by atoms with Gasteiger partial charge in [-0.05, 0) is 36.2 Å². The van der Waals surface area contributed by atoms with Crippen molar-refractivity contribution >= 4 is 29.2 Å². The van der Waals surface area contributed by atoms with Crippen molar-refractivity contribution in [3.63, 3.8) is 0 Å². The SMILES string of the molecule is Cc1ccc(N=CC2C(=O)Nc3ccccc32)cc1N. The van der Waals surface area contributed by atoms with E-state index in [0.717, 1.165) is 22.5 Å². The van der Waals surface area contributed by atoms with Crippen LogP contribution in [0.15, 0.2) is 47.5 Å². The Kier molecular flexibility index (Phi) is 2.99. The highest BCUT2D eigenvalue weighted by Crippen LogP contribution is 2.31. The minimum atomic E-state index is -0.339. The molecule has 2 aromatic rings. The molecule has 0 aromatic heterocycles. The summed E-state index contributed by atoms with van der Waals surface area (Å²) in [6, 6.07) is 13.3. The minimum Gasteiger partial charge on any atom is -0.398 e. The van der Waals surface area contributed by atoms with Gasteiger partial charge in [0.2, 0.25) is 5.91 Å². The summed E-state index contributed by atoms with van der Waals surface area (Å²) in [4.78, 5) is 16.3. The number of nitrogens with one attached hydrogen (secondary N) is 1. The van der Waals surface area contributed by atoms with Crippen molar-refractivity contribution in [2.75, 3.05) is 11.1 Å². The fraction of sp³-hybridized carbons (Fsp3) is 0.125. The number of aliphatic imine (C=N–C) groups is 1. The van der Waals surface area contributed by atoms with Crippen LogP contribution in [0, 0.1) is 6.92 Å². The number of nitrogen functional groups attached to an aromatic ring is 1. The van der Waals surface area contributed by atoms with Crippen LogP contribution in [0.2, 0.25) is 0 Å². The predicted octanol–water partition coefficient (Wildman–Crippen LogP) is 3.02. The van der Waals surface area contributed by atoms with E-state index in [-0.39, 0.29) is 11.8 Å². The first kappa shape index (κ1) is 12.4. The molecule has 1 amide bonds. The Bertz CT molecular complexity index is 707. The van der Waals surface area contributed by atoms with Crippen LogP contribution in [0.1, 0.15) is 17.0 Å². The molecular formula is C16H15N3O. The van der Waals surface area contributed by atoms with E-state index in [2.05, 4.69) is 10.3 Å². The second-order valence-electron chi connectivity index (χ2n) is 4.87. The van der Waals surface area contributed by atoms with Crippen LogP contribution in [0.25, 0.3) is 0 Å². The van der Waals surface area contributed by atoms with E-state index in [1.165, 1.54) is 0 Å². The molecule has 0 fully saturated rings. The van der Waals surface area contributed by atoms with Gasteiger partial charge in [-0.3, -0.25) is 9.79 Å². The van der Waals surface area contributed by atoms with Gasteiger partial charge in [-0.15, -0.1) is 0 Å². The molecule has 0 saturated carbocycles. The number of fused-ring (bicyclic) bond motifs is 1. The molecule has 0 radical (unpaired) electrons. The van der Waals surface area contributed by atoms with Crippen LogP contribution in [0.5, 0.6) is 0 Å². The number of hydrogen-bond donors (Lipinski definition) is 2. The molecule has 4 heteroatoms. The van der Waals surface area contributed by atoms with Gasteiger partial charge in [0.15, 0.2) is 0 Å². The van der Waals surface area contributed by atoms with Crippen LogP contribution in [-0.4, -0.2) is 12.1 Å². The summed E-state index contributed by atoms with van der Waals surface area (Å²) in [7, 11) is 0. The van der Waals surface area contributed by atoms with Crippen molar-refractivity contribution in [3.8, 4) is 0 Å². The van der Waals surface area contributed by atoms with E-state index in [1.54, 1.807) is 6.21 Å². The van der Waals surface area contributed by atoms with Gasteiger partial charge in [0.05, 0.1) is 5.69 Å². The second-order valence-corrected chi connectivity index (χ2v) is 4.87. The summed E-state index contributed by atoms with van der Waals surface area (Å²) in [6.07, 6.45) is 1.67. The maximum atomic E-state index is 11.9. The summed E-state index contributed by atoms with van der Waals surface area (Å²) < 4.78 is 0. The summed E-state index contributed by atoms with van der Waals surface area (Å²) in [5.41, 5.74) is 10.2. The normalized spacial score (nSPS) is 17.2. The molecule has 1 heterocycles. The van der Waals surface area contributed by atoms with Gasteiger partial charge in [-0.25, -0.2) is 0 Å². The Morgan fingerprint density at radius 2 is 2.05 bits per heavy atom. The number of benzene rings is 2. The fourth-order valence-corrected chi connectivity index (χ4v) is 2.25. The molecule has 3 N–H and O–H groups in total. The summed E-state index contributed by atoms with van der Waals surface area (Å²) in [5.74, 6) is -0.385. The molecule has 1 unspecified atom stereocenters. The van der Waals surface area contributed by atoms with Crippen LogP contribution in [0.4, 0.5) is 17.1 Å². The van der Waals surface area contributed by atoms with Gasteiger partial charge < -0.3 is 11.1 Å². The average Bonchev–Trinajstić information content (AvgIpc) is 2.76. The number of carbonyl (C=O) groups is 1. The second kappa shape index (κ2) is 4.81. The lowest BCUT2D eigenvalue weighted by molar-refractivity contribution is -0.115. The first-order valence-corrected chi connectivity index (χ1v) is 6.45. The number of nitrogens with two attached hydrogens (primary N) is 1. The monoisotopic (exact) mass is 265 g/mol. The zero-order chi connectivity index (χ0) is 14.1. The zero-order valence-corrected chi connectivity index (χ0v) is 11.1. The van der Waals surface area contributed by atoms with Crippen molar-refractivity contribution in [1.82, 2.24) is 0 Å². The van der Waals surface area contributed by atoms with Gasteiger partial charge in [0, 0.05) is 17.6 Å². The largest absolute Gasteiger partial charge is 0.398 e. The lowest BCUT2D eigenvalue weighted by Gasteiger charge is -2.03. The van der Waals surface area contributed by atoms with Gasteiger partial charge in [-0.2, -0.15) is 0 Å². The third-order valence-corrected chi connectivity index (χ3v) is 3.47. The lowest BCUT2D eigenvalue weighted by atomic mass is 10.0. The van der Waals surface area contributed by atoms with Crippen LogP contribution < -0.4 is 11.1 Å². The number of anilines is 2. The maximum Gasteiger partial charge on any atom is 0.237 e. The standard InChI is InChI=1S/C16H15N3O/c1-10-6-7-11(8-14(10)17)18-9-13-12-4-2-3-5-15(12)19-16(13)20/h2-9,13H,17H2,1H3,(H,19,20). The van der Waals surface area contributed by atoms with Gasteiger partial charge in [0.1, 0.15) is 5.92 Å². The van der Waals surface area contributed by atoms with Crippen molar-refractivity contribution < 1.29 is 4.79 Å². The molecule has 4 nitrogen and oxygen atoms in total. The molecule has 0 aliphatic carbocycles. The first-order valence-electron chi connectivity index (χ1n) is 6.45. The topological polar surface area (TPSA) is 67.5 Å². The summed E-state index contributed by atoms with van der Waals surface area (Å²) >= 11 is 0. The molecule has 20 heavy (non-hydrogen) atoms. The Morgan fingerprint density at radius 3 is 2.85 bits per heavy atom. The molecule has 1 aliphatic rings. The van der Waals surface area contributed by atoms with Crippen molar-refractivity contribution in [2.24, 2.45) is 4.99 Å². The Hall–Kier alpha value is -2.62. The summed E-state index contributed by atoms with van der Waals surface area (Å²) in [5, 5.41) is 2.85. The molecular weight excluding hydrogens is 250 g/mol. The number of rotatable bonds is 2. The molecule has 0 bridgehead atoms. The van der Waals surface area contributed by atoms with E-state index in [4.69, 9.17) is 5.73 Å². The molecule has 1 aliphatic heterocycles. The molecule has 0 spiro atoms. The van der Waals surface area contributed by atoms with E-state index in [0.29, 0.717) is 5.69 Å². The Morgan fingerprint density at radius 1 is 1.25 bits per heavy atom. The van der Waals surface area contributed by atoms with E-state index in [1.807, 2.05) is 49.4 Å². The quantitative estimate of drug-likeness (QED) is 0.647. The number of carbonyl (C=O) groups excluding carboxylic acids is 1. The lowest BCUT2D eigenvalue weighted by Crippen LogP contribution is -2.12. The zero-order valence-electron chi connectivity index (χ0n) is 11.1. The van der Waals surface area contributed by atoms with E-state index in [9.17, 15) is 4.79 Å². The summed E-state index contributed by atoms with van der Waals surface area (Å²) in [6.45, 7) is 1.95. The molecule has 0 saturated heterocycles. The number of amides is 1. The van der Waals surface area contributed by atoms with Crippen LogP contribution >= 0.6 is 0 Å². The van der Waals surface area contributed by atoms with E-state index >= 15 is 0 Å². The van der Waals surface area contributed by atoms with Crippen molar-refractivity contribution in [1.29, 1.82) is 0 Å². The van der Waals surface area contributed by atoms with Crippen molar-refractivity contribution in [3.05, 3.63) is 53.6 Å². The van der Waals surface area contributed by atoms with Crippen molar-refractivity contribution in [2.45, 2.75) is 12.8 Å². The number of para-hydroxylation sites is 1. The smallest absolute Gasteiger partial charge is 0.237 e. The van der Waals surface area contributed by atoms with Crippen LogP contribution in [0.3, 0.4) is 0 Å². The maximum absolute atomic E-state index is 11.9. The third-order valence-electron chi connectivity index (χ3n) is 3.47. The highest BCUT2D eigenvalue weighted by Gasteiger charge is 2.28. The van der Waals surface area contributed by atoms with E-state index < -0.39 is 0 Å². The number of hydrogen-bond acceptors (Lipinski definition) is 3.